The fourth-order valence-corrected chi connectivity index (χ4v) is 7.09. The van der Waals surface area contributed by atoms with Crippen molar-refractivity contribution in [3.05, 3.63) is 94.5 Å². The highest BCUT2D eigenvalue weighted by atomic mass is 16.5. The first-order chi connectivity index (χ1) is 28.0. The molecule has 14 nitrogen and oxygen atoms in total. The van der Waals surface area contributed by atoms with Gasteiger partial charge in [-0.25, -0.2) is 4.79 Å². The van der Waals surface area contributed by atoms with Crippen LogP contribution in [-0.4, -0.2) is 116 Å². The Morgan fingerprint density at radius 1 is 0.881 bits per heavy atom. The topological polar surface area (TPSA) is 172 Å². The predicted molar refractivity (Wildman–Crippen MR) is 221 cm³/mol. The summed E-state index contributed by atoms with van der Waals surface area (Å²) in [5, 5.41) is 5.44. The van der Waals surface area contributed by atoms with E-state index in [1.807, 2.05) is 74.5 Å². The van der Waals surface area contributed by atoms with Gasteiger partial charge in [0, 0.05) is 46.3 Å². The quantitative estimate of drug-likeness (QED) is 0.245. The zero-order chi connectivity index (χ0) is 43.6. The van der Waals surface area contributed by atoms with Gasteiger partial charge in [0.25, 0.3) is 0 Å². The summed E-state index contributed by atoms with van der Waals surface area (Å²) in [5.74, 6) is -4.45. The van der Waals surface area contributed by atoms with Crippen LogP contribution in [0.3, 0.4) is 0 Å². The number of nitrogens with zero attached hydrogens (tertiary/aromatic N) is 3. The Labute approximate surface area is 346 Å². The Morgan fingerprint density at radius 3 is 2.17 bits per heavy atom. The number of fused-ring (bicyclic) bond motifs is 5. The van der Waals surface area contributed by atoms with E-state index < -0.39 is 72.0 Å². The number of ether oxygens (including phenoxy) is 2. The molecule has 316 valence electrons. The second kappa shape index (κ2) is 20.7. The molecular formula is C45H57N5O9. The molecule has 0 saturated carbocycles. The number of methoxy groups -OCH3 is 1. The number of aryl methyl sites for hydroxylation is 2. The zero-order valence-electron chi connectivity index (χ0n) is 35.5. The average Bonchev–Trinajstić information content (AvgIpc) is 3.22. The normalized spacial score (nSPS) is 17.7. The molecule has 1 aliphatic heterocycles. The van der Waals surface area contributed by atoms with Gasteiger partial charge in [-0.1, -0.05) is 74.5 Å². The first kappa shape index (κ1) is 45.8. The van der Waals surface area contributed by atoms with E-state index in [2.05, 4.69) is 10.6 Å². The Morgan fingerprint density at radius 2 is 1.53 bits per heavy atom. The molecule has 4 bridgehead atoms. The van der Waals surface area contributed by atoms with E-state index >= 15 is 0 Å². The van der Waals surface area contributed by atoms with Gasteiger partial charge < -0.3 is 34.8 Å². The number of ketones is 1. The van der Waals surface area contributed by atoms with E-state index in [4.69, 9.17) is 9.47 Å². The number of likely N-dealkylation sites (N-methyl/N-ethyl adjacent to an activating group) is 3. The van der Waals surface area contributed by atoms with Crippen LogP contribution in [-0.2, 0) is 56.1 Å². The summed E-state index contributed by atoms with van der Waals surface area (Å²) in [7, 11) is 5.64. The number of hydrogen-bond donors (Lipinski definition) is 2. The number of hydrogen-bond acceptors (Lipinski definition) is 9. The Bertz CT molecular complexity index is 2040. The third-order valence-corrected chi connectivity index (χ3v) is 10.8. The Hall–Kier alpha value is -5.89. The largest absolute Gasteiger partial charge is 0.467 e. The minimum Gasteiger partial charge on any atom is -0.467 e. The maximum absolute atomic E-state index is 14.3. The molecular weight excluding hydrogens is 755 g/mol. The fourth-order valence-electron chi connectivity index (χ4n) is 7.09. The SMILES string of the molecule is CCC(=O)N(C)[C@H](COCc1ccccc1)C(=O)N[C@H](C)C(=O)N(C)CC(=O)N(C)[C@@H]1C(=O)C[C@@H](C)C(=O)N[C@H](C(=O)OC)Cc2ccc(C)c(c2)-c2cc1ccc2C. The highest BCUT2D eigenvalue weighted by Gasteiger charge is 2.35. The van der Waals surface area contributed by atoms with E-state index in [1.165, 1.54) is 45.0 Å². The lowest BCUT2D eigenvalue weighted by Gasteiger charge is -2.32. The van der Waals surface area contributed by atoms with Crippen molar-refractivity contribution >= 4 is 41.3 Å². The lowest BCUT2D eigenvalue weighted by Crippen LogP contribution is -2.55. The van der Waals surface area contributed by atoms with E-state index in [9.17, 15) is 33.6 Å². The average molecular weight is 812 g/mol. The van der Waals surface area contributed by atoms with E-state index in [-0.39, 0.29) is 38.4 Å². The second-order valence-corrected chi connectivity index (χ2v) is 15.3. The number of rotatable bonds is 13. The number of esters is 1. The van der Waals surface area contributed by atoms with Crippen molar-refractivity contribution < 1.29 is 43.0 Å². The van der Waals surface area contributed by atoms with E-state index in [1.54, 1.807) is 19.9 Å². The van der Waals surface area contributed by atoms with Gasteiger partial charge in [-0.05, 0) is 65.8 Å². The highest BCUT2D eigenvalue weighted by molar-refractivity contribution is 5.96. The minimum absolute atomic E-state index is 0.115. The molecule has 59 heavy (non-hydrogen) atoms. The smallest absolute Gasteiger partial charge is 0.328 e. The van der Waals surface area contributed by atoms with E-state index in [0.29, 0.717) is 5.56 Å². The van der Waals surface area contributed by atoms with Crippen molar-refractivity contribution in [1.82, 2.24) is 25.3 Å². The van der Waals surface area contributed by atoms with Gasteiger partial charge in [0.2, 0.25) is 29.5 Å². The van der Waals surface area contributed by atoms with Crippen molar-refractivity contribution in [3.63, 3.8) is 0 Å². The first-order valence-electron chi connectivity index (χ1n) is 19.8. The molecule has 0 fully saturated rings. The van der Waals surface area contributed by atoms with Crippen molar-refractivity contribution in [2.75, 3.05) is 41.4 Å². The molecule has 1 aliphatic rings. The molecule has 0 unspecified atom stereocenters. The van der Waals surface area contributed by atoms with Gasteiger partial charge in [-0.15, -0.1) is 0 Å². The molecule has 5 atom stereocenters. The number of benzene rings is 3. The molecule has 3 aromatic rings. The number of Topliss-reactive ketones (excluding diaryl/α,β-unsaturated/α-hetero) is 1. The number of carbonyl (C=O) groups excluding carboxylic acids is 7. The summed E-state index contributed by atoms with van der Waals surface area (Å²) < 4.78 is 10.8. The maximum atomic E-state index is 14.3. The molecule has 0 aromatic heterocycles. The molecule has 0 saturated heterocycles. The molecule has 0 aliphatic carbocycles. The zero-order valence-corrected chi connectivity index (χ0v) is 35.5. The Balaban J connectivity index is 1.56. The number of carbonyl (C=O) groups is 7. The van der Waals surface area contributed by atoms with Crippen molar-refractivity contribution in [2.24, 2.45) is 5.92 Å². The van der Waals surface area contributed by atoms with Crippen LogP contribution < -0.4 is 10.6 Å². The van der Waals surface area contributed by atoms with Crippen LogP contribution in [0.2, 0.25) is 0 Å². The van der Waals surface area contributed by atoms with Crippen LogP contribution in [0.4, 0.5) is 0 Å². The van der Waals surface area contributed by atoms with Gasteiger partial charge in [-0.3, -0.25) is 28.8 Å². The van der Waals surface area contributed by atoms with Gasteiger partial charge in [0.1, 0.15) is 24.2 Å². The predicted octanol–water partition coefficient (Wildman–Crippen LogP) is 3.70. The number of amides is 5. The molecule has 0 radical (unpaired) electrons. The van der Waals surface area contributed by atoms with Gasteiger partial charge in [-0.2, -0.15) is 0 Å². The minimum atomic E-state index is -1.14. The second-order valence-electron chi connectivity index (χ2n) is 15.3. The van der Waals surface area contributed by atoms with Gasteiger partial charge >= 0.3 is 5.97 Å². The fraction of sp³-hybridized carbons (Fsp3) is 0.444. The summed E-state index contributed by atoms with van der Waals surface area (Å²) in [6.07, 6.45) is 0.0887. The number of nitrogens with one attached hydrogen (secondary N) is 2. The molecule has 0 spiro atoms. The van der Waals surface area contributed by atoms with Gasteiger partial charge in [0.15, 0.2) is 5.78 Å². The third-order valence-electron chi connectivity index (χ3n) is 10.8. The molecule has 14 heteroatoms. The van der Waals surface area contributed by atoms with E-state index in [0.717, 1.165) is 38.3 Å². The van der Waals surface area contributed by atoms with Crippen molar-refractivity contribution in [2.45, 2.75) is 84.7 Å². The van der Waals surface area contributed by atoms with Crippen LogP contribution in [0, 0.1) is 19.8 Å². The van der Waals surface area contributed by atoms with Crippen LogP contribution in [0.15, 0.2) is 66.7 Å². The molecule has 2 N–H and O–H groups in total. The monoisotopic (exact) mass is 811 g/mol. The summed E-state index contributed by atoms with van der Waals surface area (Å²) >= 11 is 0. The summed E-state index contributed by atoms with van der Waals surface area (Å²) in [6.45, 7) is 8.30. The Kier molecular flexibility index (Phi) is 16.1. The standard InChI is InChI=1S/C45H57N5O9/c1-10-39(52)49(7)37(26-59-25-31-14-12-11-13-15-31)43(55)46-30(5)44(56)48(6)24-40(53)50(8)41-33-19-17-28(3)35(23-33)34-21-32(18-16-27(34)2)22-36(45(57)58-9)47-42(54)29(4)20-38(41)51/h11-19,21,23,29-30,36-37,41H,10,20,22,24-26H2,1-9H3,(H,46,55)(H,47,54)/t29-,30-,36+,37-,41+/m1/s1. The summed E-state index contributed by atoms with van der Waals surface area (Å²) in [4.78, 5) is 98.0. The van der Waals surface area contributed by atoms with Crippen molar-refractivity contribution in [3.8, 4) is 11.1 Å². The lowest BCUT2D eigenvalue weighted by atomic mass is 9.87. The third kappa shape index (κ3) is 11.6. The molecule has 4 rings (SSSR count). The van der Waals surface area contributed by atoms with Crippen LogP contribution in [0.1, 0.15) is 67.5 Å². The summed E-state index contributed by atoms with van der Waals surface area (Å²) in [6, 6.07) is 16.4. The maximum Gasteiger partial charge on any atom is 0.328 e. The molecule has 3 aromatic carbocycles. The summed E-state index contributed by atoms with van der Waals surface area (Å²) in [5.41, 5.74) is 5.76. The first-order valence-corrected chi connectivity index (χ1v) is 19.8. The highest BCUT2D eigenvalue weighted by Crippen LogP contribution is 2.33. The van der Waals surface area contributed by atoms with Crippen LogP contribution >= 0.6 is 0 Å². The van der Waals surface area contributed by atoms with Crippen LogP contribution in [0.5, 0.6) is 0 Å². The van der Waals surface area contributed by atoms with Gasteiger partial charge in [0.05, 0.1) is 26.9 Å². The van der Waals surface area contributed by atoms with Crippen molar-refractivity contribution in [1.29, 1.82) is 0 Å². The molecule has 5 amide bonds. The molecule has 1 heterocycles. The van der Waals surface area contributed by atoms with Crippen LogP contribution in [0.25, 0.3) is 11.1 Å². The lowest BCUT2D eigenvalue weighted by molar-refractivity contribution is -0.146.